The molecule has 68 valence electrons. The maximum absolute atomic E-state index is 4.62. The first-order chi connectivity index (χ1) is 6.18. The van der Waals surface area contributed by atoms with Crippen molar-refractivity contribution in [3.8, 4) is 0 Å². The second-order valence-corrected chi connectivity index (χ2v) is 5.04. The van der Waals surface area contributed by atoms with Gasteiger partial charge in [-0.3, -0.25) is 0 Å². The van der Waals surface area contributed by atoms with Crippen molar-refractivity contribution in [3.05, 3.63) is 16.9 Å². The highest BCUT2D eigenvalue weighted by molar-refractivity contribution is 7.14. The third-order valence-electron chi connectivity index (χ3n) is 2.87. The minimum absolute atomic E-state index is 0.253. The van der Waals surface area contributed by atoms with Crippen molar-refractivity contribution in [3.63, 3.8) is 0 Å². The Kier molecular flexibility index (Phi) is 1.22. The molecular formula is C9H11N3S. The van der Waals surface area contributed by atoms with Crippen LogP contribution in [0.15, 0.2) is 5.51 Å². The molecule has 1 aliphatic carbocycles. The standard InChI is InChI=1S/C9H11N3S/c1-9(2)4-3-6-7(9)11-8-12(6)10-5-13-8/h5H,3-4H2,1-2H3. The Morgan fingerprint density at radius 2 is 2.38 bits per heavy atom. The van der Waals surface area contributed by atoms with Crippen LogP contribution in [0.3, 0.4) is 0 Å². The van der Waals surface area contributed by atoms with Crippen molar-refractivity contribution in [2.24, 2.45) is 0 Å². The van der Waals surface area contributed by atoms with Gasteiger partial charge in [-0.25, -0.2) is 9.50 Å². The summed E-state index contributed by atoms with van der Waals surface area (Å²) in [5, 5.41) is 4.29. The average Bonchev–Trinajstić information content (AvgIpc) is 2.63. The van der Waals surface area contributed by atoms with Crippen LogP contribution in [-0.2, 0) is 11.8 Å². The van der Waals surface area contributed by atoms with Gasteiger partial charge in [0.05, 0.1) is 11.4 Å². The molecule has 0 bridgehead atoms. The van der Waals surface area contributed by atoms with Gasteiger partial charge in [0.15, 0.2) is 0 Å². The number of aromatic nitrogens is 3. The molecule has 0 aromatic carbocycles. The predicted molar refractivity (Wildman–Crippen MR) is 52.2 cm³/mol. The summed E-state index contributed by atoms with van der Waals surface area (Å²) in [7, 11) is 0. The van der Waals surface area contributed by atoms with Crippen LogP contribution < -0.4 is 0 Å². The topological polar surface area (TPSA) is 30.2 Å². The van der Waals surface area contributed by atoms with Gasteiger partial charge in [0, 0.05) is 5.41 Å². The lowest BCUT2D eigenvalue weighted by Gasteiger charge is -2.14. The summed E-state index contributed by atoms with van der Waals surface area (Å²) in [6.07, 6.45) is 2.32. The molecule has 0 spiro atoms. The van der Waals surface area contributed by atoms with Gasteiger partial charge in [0.2, 0.25) is 4.96 Å². The summed E-state index contributed by atoms with van der Waals surface area (Å²) in [6.45, 7) is 4.52. The van der Waals surface area contributed by atoms with Crippen molar-refractivity contribution in [2.45, 2.75) is 32.1 Å². The molecule has 0 unspecified atom stereocenters. The van der Waals surface area contributed by atoms with Crippen LogP contribution in [0.4, 0.5) is 0 Å². The lowest BCUT2D eigenvalue weighted by molar-refractivity contribution is 0.510. The zero-order valence-electron chi connectivity index (χ0n) is 7.74. The van der Waals surface area contributed by atoms with Gasteiger partial charge < -0.3 is 0 Å². The van der Waals surface area contributed by atoms with Crippen LogP contribution in [0.2, 0.25) is 0 Å². The van der Waals surface area contributed by atoms with Crippen molar-refractivity contribution < 1.29 is 0 Å². The first-order valence-electron chi connectivity index (χ1n) is 4.50. The molecule has 0 saturated carbocycles. The summed E-state index contributed by atoms with van der Waals surface area (Å²) in [4.78, 5) is 5.66. The van der Waals surface area contributed by atoms with E-state index in [2.05, 4.69) is 23.9 Å². The molecule has 0 fully saturated rings. The number of hydrogen-bond acceptors (Lipinski definition) is 3. The van der Waals surface area contributed by atoms with Gasteiger partial charge in [0.25, 0.3) is 0 Å². The lowest BCUT2D eigenvalue weighted by Crippen LogP contribution is -2.12. The van der Waals surface area contributed by atoms with Crippen LogP contribution in [0.1, 0.15) is 31.7 Å². The fourth-order valence-corrected chi connectivity index (χ4v) is 2.69. The van der Waals surface area contributed by atoms with E-state index in [-0.39, 0.29) is 5.41 Å². The Balaban J connectivity index is 2.37. The highest BCUT2D eigenvalue weighted by atomic mass is 32.1. The molecule has 0 atom stereocenters. The van der Waals surface area contributed by atoms with E-state index in [9.17, 15) is 0 Å². The molecule has 1 aliphatic rings. The maximum atomic E-state index is 4.62. The number of hydrogen-bond donors (Lipinski definition) is 0. The molecule has 0 aliphatic heterocycles. The Hall–Kier alpha value is -0.900. The van der Waals surface area contributed by atoms with Crippen LogP contribution in [0, 0.1) is 0 Å². The molecule has 4 heteroatoms. The van der Waals surface area contributed by atoms with Gasteiger partial charge in [-0.1, -0.05) is 25.2 Å². The van der Waals surface area contributed by atoms with E-state index in [0.717, 1.165) is 11.4 Å². The Morgan fingerprint density at radius 3 is 3.23 bits per heavy atom. The number of rotatable bonds is 0. The van der Waals surface area contributed by atoms with E-state index >= 15 is 0 Å². The Labute approximate surface area is 80.4 Å². The van der Waals surface area contributed by atoms with Crippen molar-refractivity contribution in [1.82, 2.24) is 14.6 Å². The third kappa shape index (κ3) is 0.839. The number of nitrogens with zero attached hydrogens (tertiary/aromatic N) is 3. The molecular weight excluding hydrogens is 182 g/mol. The molecule has 0 N–H and O–H groups in total. The van der Waals surface area contributed by atoms with Gasteiger partial charge in [-0.2, -0.15) is 5.10 Å². The molecule has 3 rings (SSSR count). The number of fused-ring (bicyclic) bond motifs is 3. The second-order valence-electron chi connectivity index (χ2n) is 4.22. The van der Waals surface area contributed by atoms with E-state index < -0.39 is 0 Å². The lowest BCUT2D eigenvalue weighted by atomic mass is 9.91. The third-order valence-corrected chi connectivity index (χ3v) is 3.54. The largest absolute Gasteiger partial charge is 0.222 e. The first kappa shape index (κ1) is 7.50. The normalized spacial score (nSPS) is 19.5. The number of aryl methyl sites for hydroxylation is 1. The van der Waals surface area contributed by atoms with Crippen molar-refractivity contribution in [2.75, 3.05) is 0 Å². The molecule has 2 aromatic rings. The molecule has 0 radical (unpaired) electrons. The van der Waals surface area contributed by atoms with Crippen LogP contribution in [0.25, 0.3) is 4.96 Å². The average molecular weight is 193 g/mol. The first-order valence-corrected chi connectivity index (χ1v) is 5.38. The highest BCUT2D eigenvalue weighted by Crippen LogP contribution is 2.38. The molecule has 0 saturated heterocycles. The summed E-state index contributed by atoms with van der Waals surface area (Å²) in [5.74, 6) is 0. The van der Waals surface area contributed by atoms with E-state index in [1.165, 1.54) is 17.8 Å². The van der Waals surface area contributed by atoms with E-state index in [1.807, 2.05) is 10.0 Å². The van der Waals surface area contributed by atoms with Gasteiger partial charge in [-0.15, -0.1) is 0 Å². The SMILES string of the molecule is CC1(C)CCc2c1nc1scnn21. The molecule has 0 amide bonds. The number of imidazole rings is 1. The van der Waals surface area contributed by atoms with Gasteiger partial charge in [0.1, 0.15) is 5.51 Å². The summed E-state index contributed by atoms with van der Waals surface area (Å²) in [5.41, 5.74) is 4.68. The minimum atomic E-state index is 0.253. The zero-order valence-corrected chi connectivity index (χ0v) is 8.56. The second kappa shape index (κ2) is 2.12. The highest BCUT2D eigenvalue weighted by Gasteiger charge is 2.34. The summed E-state index contributed by atoms with van der Waals surface area (Å²) >= 11 is 1.61. The van der Waals surface area contributed by atoms with Gasteiger partial charge >= 0.3 is 0 Å². The fraction of sp³-hybridized carbons (Fsp3) is 0.556. The van der Waals surface area contributed by atoms with Crippen LogP contribution in [-0.4, -0.2) is 14.6 Å². The van der Waals surface area contributed by atoms with Gasteiger partial charge in [-0.05, 0) is 12.8 Å². The van der Waals surface area contributed by atoms with Crippen LogP contribution >= 0.6 is 11.3 Å². The Morgan fingerprint density at radius 1 is 1.54 bits per heavy atom. The van der Waals surface area contributed by atoms with E-state index in [0.29, 0.717) is 0 Å². The van der Waals surface area contributed by atoms with Crippen molar-refractivity contribution >= 4 is 16.3 Å². The summed E-state index contributed by atoms with van der Waals surface area (Å²) in [6, 6.07) is 0. The quantitative estimate of drug-likeness (QED) is 0.640. The Bertz CT molecular complexity index is 466. The molecule has 2 aromatic heterocycles. The molecule has 3 nitrogen and oxygen atoms in total. The summed E-state index contributed by atoms with van der Waals surface area (Å²) < 4.78 is 1.99. The zero-order chi connectivity index (χ0) is 9.05. The van der Waals surface area contributed by atoms with E-state index in [4.69, 9.17) is 0 Å². The molecule has 2 heterocycles. The smallest absolute Gasteiger partial charge is 0.212 e. The minimum Gasteiger partial charge on any atom is -0.222 e. The molecule has 13 heavy (non-hydrogen) atoms. The van der Waals surface area contributed by atoms with Crippen LogP contribution in [0.5, 0.6) is 0 Å². The van der Waals surface area contributed by atoms with E-state index in [1.54, 1.807) is 11.3 Å². The monoisotopic (exact) mass is 193 g/mol. The predicted octanol–water partition coefficient (Wildman–Crippen LogP) is 2.01. The fourth-order valence-electron chi connectivity index (χ4n) is 2.05. The maximum Gasteiger partial charge on any atom is 0.212 e. The van der Waals surface area contributed by atoms with Crippen molar-refractivity contribution in [1.29, 1.82) is 0 Å².